The van der Waals surface area contributed by atoms with E-state index in [4.69, 9.17) is 4.74 Å². The highest BCUT2D eigenvalue weighted by atomic mass is 32.1. The Labute approximate surface area is 162 Å². The fraction of sp³-hybridized carbons (Fsp3) is 0.421. The van der Waals surface area contributed by atoms with Crippen LogP contribution in [0.15, 0.2) is 23.6 Å². The number of morpholine rings is 1. The molecule has 8 heteroatoms. The van der Waals surface area contributed by atoms with Crippen molar-refractivity contribution in [3.05, 3.63) is 46.0 Å². The van der Waals surface area contributed by atoms with E-state index in [0.29, 0.717) is 31.7 Å². The van der Waals surface area contributed by atoms with Crippen LogP contribution >= 0.6 is 11.3 Å². The summed E-state index contributed by atoms with van der Waals surface area (Å²) in [5.41, 5.74) is 8.71. The SMILES string of the molecule is Cc1ccc(CCC(=O)NNC(=O)c2csc(N3CCOCC3)n2)c(C)c1. The van der Waals surface area contributed by atoms with Gasteiger partial charge in [-0.05, 0) is 31.4 Å². The van der Waals surface area contributed by atoms with Crippen LogP contribution in [0.4, 0.5) is 5.13 Å². The van der Waals surface area contributed by atoms with E-state index in [-0.39, 0.29) is 5.91 Å². The number of carbonyl (C=O) groups is 2. The Bertz CT molecular complexity index is 815. The number of rotatable bonds is 5. The number of benzene rings is 1. The van der Waals surface area contributed by atoms with Crippen LogP contribution in [0, 0.1) is 13.8 Å². The number of nitrogens with zero attached hydrogens (tertiary/aromatic N) is 2. The molecule has 144 valence electrons. The minimum absolute atomic E-state index is 0.230. The number of amides is 2. The molecular formula is C19H24N4O3S. The van der Waals surface area contributed by atoms with Crippen LogP contribution in [-0.2, 0) is 16.0 Å². The summed E-state index contributed by atoms with van der Waals surface area (Å²) in [4.78, 5) is 30.6. The Morgan fingerprint density at radius 3 is 2.74 bits per heavy atom. The van der Waals surface area contributed by atoms with Crippen molar-refractivity contribution in [1.29, 1.82) is 0 Å². The zero-order valence-corrected chi connectivity index (χ0v) is 16.4. The first kappa shape index (κ1) is 19.3. The third kappa shape index (κ3) is 5.27. The number of ether oxygens (including phenoxy) is 1. The summed E-state index contributed by atoms with van der Waals surface area (Å²) in [5, 5.41) is 2.49. The van der Waals surface area contributed by atoms with Crippen LogP contribution in [0.2, 0.25) is 0 Å². The van der Waals surface area contributed by atoms with E-state index < -0.39 is 5.91 Å². The number of nitrogens with one attached hydrogen (secondary N) is 2. The van der Waals surface area contributed by atoms with Crippen LogP contribution in [-0.4, -0.2) is 43.1 Å². The molecule has 0 spiro atoms. The maximum absolute atomic E-state index is 12.2. The first-order valence-electron chi connectivity index (χ1n) is 8.96. The molecule has 1 aromatic carbocycles. The summed E-state index contributed by atoms with van der Waals surface area (Å²) < 4.78 is 5.32. The normalized spacial score (nSPS) is 14.1. The Morgan fingerprint density at radius 1 is 1.22 bits per heavy atom. The van der Waals surface area contributed by atoms with E-state index in [2.05, 4.69) is 26.8 Å². The molecule has 2 aromatic rings. The van der Waals surface area contributed by atoms with Gasteiger partial charge in [-0.1, -0.05) is 23.8 Å². The lowest BCUT2D eigenvalue weighted by Gasteiger charge is -2.25. The van der Waals surface area contributed by atoms with Crippen molar-refractivity contribution in [2.24, 2.45) is 0 Å². The number of thiazole rings is 1. The number of aryl methyl sites for hydroxylation is 3. The van der Waals surface area contributed by atoms with Gasteiger partial charge in [-0.3, -0.25) is 20.4 Å². The zero-order chi connectivity index (χ0) is 19.2. The predicted octanol–water partition coefficient (Wildman–Crippen LogP) is 1.99. The van der Waals surface area contributed by atoms with E-state index >= 15 is 0 Å². The molecule has 0 bridgehead atoms. The van der Waals surface area contributed by atoms with Crippen LogP contribution in [0.3, 0.4) is 0 Å². The molecule has 1 aliphatic rings. The monoisotopic (exact) mass is 388 g/mol. The van der Waals surface area contributed by atoms with Gasteiger partial charge in [0.05, 0.1) is 13.2 Å². The maximum atomic E-state index is 12.2. The van der Waals surface area contributed by atoms with E-state index in [9.17, 15) is 9.59 Å². The molecule has 0 aliphatic carbocycles. The molecule has 0 saturated carbocycles. The second-order valence-corrected chi connectivity index (χ2v) is 7.38. The summed E-state index contributed by atoms with van der Waals surface area (Å²) in [6.07, 6.45) is 0.936. The van der Waals surface area contributed by atoms with Gasteiger partial charge in [0.1, 0.15) is 5.69 Å². The van der Waals surface area contributed by atoms with Gasteiger partial charge < -0.3 is 9.64 Å². The van der Waals surface area contributed by atoms with Gasteiger partial charge in [-0.15, -0.1) is 11.3 Å². The zero-order valence-electron chi connectivity index (χ0n) is 15.6. The summed E-state index contributed by atoms with van der Waals surface area (Å²) in [7, 11) is 0. The van der Waals surface area contributed by atoms with Crippen molar-refractivity contribution in [2.45, 2.75) is 26.7 Å². The molecule has 3 rings (SSSR count). The Morgan fingerprint density at radius 2 is 2.00 bits per heavy atom. The number of carbonyl (C=O) groups excluding carboxylic acids is 2. The van der Waals surface area contributed by atoms with E-state index in [0.717, 1.165) is 23.8 Å². The fourth-order valence-electron chi connectivity index (χ4n) is 2.90. The lowest BCUT2D eigenvalue weighted by atomic mass is 10.0. The largest absolute Gasteiger partial charge is 0.378 e. The molecular weight excluding hydrogens is 364 g/mol. The first-order chi connectivity index (χ1) is 13.0. The van der Waals surface area contributed by atoms with E-state index in [1.165, 1.54) is 22.5 Å². The number of aromatic nitrogens is 1. The van der Waals surface area contributed by atoms with Crippen molar-refractivity contribution >= 4 is 28.3 Å². The lowest BCUT2D eigenvalue weighted by molar-refractivity contribution is -0.121. The quantitative estimate of drug-likeness (QED) is 0.766. The Hall–Kier alpha value is -2.45. The van der Waals surface area contributed by atoms with Gasteiger partial charge >= 0.3 is 0 Å². The molecule has 1 aromatic heterocycles. The predicted molar refractivity (Wildman–Crippen MR) is 105 cm³/mol. The van der Waals surface area contributed by atoms with Crippen molar-refractivity contribution in [3.63, 3.8) is 0 Å². The highest BCUT2D eigenvalue weighted by Crippen LogP contribution is 2.21. The average Bonchev–Trinajstić information content (AvgIpc) is 3.16. The van der Waals surface area contributed by atoms with Crippen LogP contribution < -0.4 is 15.8 Å². The molecule has 2 N–H and O–H groups in total. The van der Waals surface area contributed by atoms with Crippen LogP contribution in [0.5, 0.6) is 0 Å². The van der Waals surface area contributed by atoms with Gasteiger partial charge in [-0.25, -0.2) is 4.98 Å². The van der Waals surface area contributed by atoms with Crippen LogP contribution in [0.25, 0.3) is 0 Å². The topological polar surface area (TPSA) is 83.6 Å². The molecule has 2 amide bonds. The molecule has 2 heterocycles. The number of hydrazine groups is 1. The van der Waals surface area contributed by atoms with Gasteiger partial charge in [0.15, 0.2) is 5.13 Å². The molecule has 1 aliphatic heterocycles. The third-order valence-corrected chi connectivity index (χ3v) is 5.34. The minimum Gasteiger partial charge on any atom is -0.378 e. The highest BCUT2D eigenvalue weighted by Gasteiger charge is 2.17. The Balaban J connectivity index is 1.45. The third-order valence-electron chi connectivity index (χ3n) is 4.44. The van der Waals surface area contributed by atoms with Gasteiger partial charge in [0.2, 0.25) is 5.91 Å². The summed E-state index contributed by atoms with van der Waals surface area (Å²) in [6, 6.07) is 6.18. The summed E-state index contributed by atoms with van der Waals surface area (Å²) in [5.74, 6) is -0.641. The number of hydrogen-bond donors (Lipinski definition) is 2. The van der Waals surface area contributed by atoms with Crippen LogP contribution in [0.1, 0.15) is 33.6 Å². The fourth-order valence-corrected chi connectivity index (χ4v) is 3.76. The summed E-state index contributed by atoms with van der Waals surface area (Å²) >= 11 is 1.41. The average molecular weight is 388 g/mol. The standard InChI is InChI=1S/C19H24N4O3S/c1-13-3-4-15(14(2)11-13)5-6-17(24)21-22-18(25)16-12-27-19(20-16)23-7-9-26-10-8-23/h3-4,11-12H,5-10H2,1-2H3,(H,21,24)(H,22,25). The molecule has 1 saturated heterocycles. The lowest BCUT2D eigenvalue weighted by Crippen LogP contribution is -2.42. The van der Waals surface area contributed by atoms with Gasteiger partial charge in [0.25, 0.3) is 5.91 Å². The van der Waals surface area contributed by atoms with Gasteiger partial charge in [0, 0.05) is 24.9 Å². The van der Waals surface area contributed by atoms with E-state index in [1.807, 2.05) is 26.0 Å². The molecule has 0 unspecified atom stereocenters. The number of anilines is 1. The summed E-state index contributed by atoms with van der Waals surface area (Å²) in [6.45, 7) is 6.95. The second kappa shape index (κ2) is 8.96. The molecule has 0 atom stereocenters. The first-order valence-corrected chi connectivity index (χ1v) is 9.84. The smallest absolute Gasteiger partial charge is 0.289 e. The van der Waals surface area contributed by atoms with Crippen molar-refractivity contribution in [2.75, 3.05) is 31.2 Å². The van der Waals surface area contributed by atoms with Crippen molar-refractivity contribution in [1.82, 2.24) is 15.8 Å². The van der Waals surface area contributed by atoms with Crippen molar-refractivity contribution < 1.29 is 14.3 Å². The molecule has 27 heavy (non-hydrogen) atoms. The van der Waals surface area contributed by atoms with Crippen molar-refractivity contribution in [3.8, 4) is 0 Å². The molecule has 0 radical (unpaired) electrons. The second-order valence-electron chi connectivity index (χ2n) is 6.55. The number of hydrogen-bond acceptors (Lipinski definition) is 6. The molecule has 7 nitrogen and oxygen atoms in total. The minimum atomic E-state index is -0.411. The molecule has 1 fully saturated rings. The van der Waals surface area contributed by atoms with Gasteiger partial charge in [-0.2, -0.15) is 0 Å². The maximum Gasteiger partial charge on any atom is 0.289 e. The highest BCUT2D eigenvalue weighted by molar-refractivity contribution is 7.13. The Kier molecular flexibility index (Phi) is 6.41. The van der Waals surface area contributed by atoms with E-state index in [1.54, 1.807) is 5.38 Å².